The molecule has 4 aliphatic carbocycles. The standard InChI is InChI=1S/C23H23N3/c1-3-7-18(8-4-1)21-24-25-22(19-9-5-2-6-10-19)26(21)23-14-16-11-17(15-23)13-20(23)12-16/h1-10,16-17,20H,11-15H2. The van der Waals surface area contributed by atoms with Gasteiger partial charge in [-0.3, -0.25) is 0 Å². The molecule has 2 aromatic carbocycles. The molecule has 3 heteroatoms. The zero-order valence-electron chi connectivity index (χ0n) is 14.9. The van der Waals surface area contributed by atoms with Crippen LogP contribution < -0.4 is 0 Å². The summed E-state index contributed by atoms with van der Waals surface area (Å²) < 4.78 is 2.56. The van der Waals surface area contributed by atoms with Crippen molar-refractivity contribution < 1.29 is 0 Å². The predicted octanol–water partition coefficient (Wildman–Crippen LogP) is 5.15. The lowest BCUT2D eigenvalue weighted by Gasteiger charge is -2.36. The molecular formula is C23H23N3. The van der Waals surface area contributed by atoms with E-state index in [1.807, 2.05) is 0 Å². The van der Waals surface area contributed by atoms with Gasteiger partial charge in [0.2, 0.25) is 0 Å². The lowest BCUT2D eigenvalue weighted by Crippen LogP contribution is -2.36. The van der Waals surface area contributed by atoms with Crippen LogP contribution in [0.5, 0.6) is 0 Å². The average molecular weight is 341 g/mol. The molecule has 4 saturated carbocycles. The molecule has 1 heterocycles. The lowest BCUT2D eigenvalue weighted by atomic mass is 9.80. The maximum atomic E-state index is 4.72. The van der Waals surface area contributed by atoms with E-state index in [0.29, 0.717) is 0 Å². The predicted molar refractivity (Wildman–Crippen MR) is 102 cm³/mol. The molecule has 4 fully saturated rings. The van der Waals surface area contributed by atoms with Gasteiger partial charge in [-0.05, 0) is 49.9 Å². The van der Waals surface area contributed by atoms with Crippen molar-refractivity contribution in [2.75, 3.05) is 0 Å². The van der Waals surface area contributed by atoms with Crippen molar-refractivity contribution in [3.05, 3.63) is 60.7 Å². The second-order valence-corrected chi connectivity index (χ2v) is 8.56. The molecule has 4 bridgehead atoms. The summed E-state index contributed by atoms with van der Waals surface area (Å²) in [5, 5.41) is 9.43. The van der Waals surface area contributed by atoms with Crippen LogP contribution in [0.2, 0.25) is 0 Å². The first-order valence-corrected chi connectivity index (χ1v) is 9.90. The van der Waals surface area contributed by atoms with Gasteiger partial charge in [0.1, 0.15) is 0 Å². The minimum absolute atomic E-state index is 0.230. The van der Waals surface area contributed by atoms with Gasteiger partial charge in [0.15, 0.2) is 11.6 Å². The van der Waals surface area contributed by atoms with Gasteiger partial charge in [-0.2, -0.15) is 0 Å². The van der Waals surface area contributed by atoms with E-state index in [-0.39, 0.29) is 5.54 Å². The van der Waals surface area contributed by atoms with Crippen molar-refractivity contribution in [3.63, 3.8) is 0 Å². The highest BCUT2D eigenvalue weighted by Gasteiger charge is 2.60. The zero-order chi connectivity index (χ0) is 17.1. The molecule has 0 aliphatic heterocycles. The molecule has 0 amide bonds. The first-order chi connectivity index (χ1) is 12.8. The van der Waals surface area contributed by atoms with E-state index in [2.05, 4.69) is 65.2 Å². The molecule has 2 unspecified atom stereocenters. The Balaban J connectivity index is 1.60. The molecule has 2 atom stereocenters. The summed E-state index contributed by atoms with van der Waals surface area (Å²) in [6, 6.07) is 21.2. The Morgan fingerprint density at radius 2 is 1.19 bits per heavy atom. The zero-order valence-corrected chi connectivity index (χ0v) is 14.9. The van der Waals surface area contributed by atoms with Gasteiger partial charge in [-0.1, -0.05) is 60.7 Å². The third-order valence-electron chi connectivity index (χ3n) is 7.12. The molecule has 0 N–H and O–H groups in total. The summed E-state index contributed by atoms with van der Waals surface area (Å²) in [5.74, 6) is 4.71. The summed E-state index contributed by atoms with van der Waals surface area (Å²) in [5.41, 5.74) is 2.60. The first kappa shape index (κ1) is 14.7. The number of hydrogen-bond donors (Lipinski definition) is 0. The quantitative estimate of drug-likeness (QED) is 0.660. The Morgan fingerprint density at radius 3 is 1.69 bits per heavy atom. The van der Waals surface area contributed by atoms with Crippen LogP contribution in [-0.4, -0.2) is 14.8 Å². The van der Waals surface area contributed by atoms with E-state index in [4.69, 9.17) is 10.2 Å². The summed E-state index contributed by atoms with van der Waals surface area (Å²) in [7, 11) is 0. The van der Waals surface area contributed by atoms with E-state index in [1.54, 1.807) is 0 Å². The molecular weight excluding hydrogens is 318 g/mol. The third kappa shape index (κ3) is 1.94. The van der Waals surface area contributed by atoms with Crippen LogP contribution in [0.4, 0.5) is 0 Å². The Labute approximate surface area is 154 Å². The third-order valence-corrected chi connectivity index (χ3v) is 7.12. The second kappa shape index (κ2) is 5.29. The Kier molecular flexibility index (Phi) is 3.00. The summed E-state index contributed by atoms with van der Waals surface area (Å²) in [6.07, 6.45) is 6.87. The highest BCUT2D eigenvalue weighted by molar-refractivity contribution is 5.63. The first-order valence-electron chi connectivity index (χ1n) is 9.90. The van der Waals surface area contributed by atoms with Crippen molar-refractivity contribution in [1.82, 2.24) is 14.8 Å². The van der Waals surface area contributed by atoms with Crippen LogP contribution >= 0.6 is 0 Å². The highest BCUT2D eigenvalue weighted by atomic mass is 15.3. The maximum absolute atomic E-state index is 4.72. The molecule has 3 aromatic rings. The number of rotatable bonds is 3. The van der Waals surface area contributed by atoms with Crippen LogP contribution in [0, 0.1) is 17.8 Å². The molecule has 0 radical (unpaired) electrons. The summed E-state index contributed by atoms with van der Waals surface area (Å²) in [6.45, 7) is 0. The second-order valence-electron chi connectivity index (χ2n) is 8.56. The summed E-state index contributed by atoms with van der Waals surface area (Å²) in [4.78, 5) is 0. The van der Waals surface area contributed by atoms with E-state index in [9.17, 15) is 0 Å². The SMILES string of the molecule is c1ccc(-c2nnc(-c3ccccc3)n2C23CC4CC(CC2C4)C3)cc1. The molecule has 0 spiro atoms. The van der Waals surface area contributed by atoms with Gasteiger partial charge in [-0.25, -0.2) is 0 Å². The average Bonchev–Trinajstić information content (AvgIpc) is 3.31. The lowest BCUT2D eigenvalue weighted by molar-refractivity contribution is 0.207. The Morgan fingerprint density at radius 1 is 0.692 bits per heavy atom. The van der Waals surface area contributed by atoms with E-state index < -0.39 is 0 Å². The van der Waals surface area contributed by atoms with Crippen LogP contribution in [-0.2, 0) is 5.54 Å². The topological polar surface area (TPSA) is 30.7 Å². The maximum Gasteiger partial charge on any atom is 0.164 e. The van der Waals surface area contributed by atoms with Crippen LogP contribution in [0.25, 0.3) is 22.8 Å². The molecule has 0 saturated heterocycles. The van der Waals surface area contributed by atoms with Gasteiger partial charge in [0.25, 0.3) is 0 Å². The van der Waals surface area contributed by atoms with Crippen LogP contribution in [0.15, 0.2) is 60.7 Å². The van der Waals surface area contributed by atoms with Gasteiger partial charge >= 0.3 is 0 Å². The van der Waals surface area contributed by atoms with Crippen LogP contribution in [0.1, 0.15) is 32.1 Å². The van der Waals surface area contributed by atoms with Crippen molar-refractivity contribution in [3.8, 4) is 22.8 Å². The normalized spacial score (nSPS) is 31.6. The van der Waals surface area contributed by atoms with E-state index >= 15 is 0 Å². The fourth-order valence-electron chi connectivity index (χ4n) is 6.37. The molecule has 26 heavy (non-hydrogen) atoms. The molecule has 7 rings (SSSR count). The highest BCUT2D eigenvalue weighted by Crippen LogP contribution is 2.65. The van der Waals surface area contributed by atoms with Crippen molar-refractivity contribution in [2.24, 2.45) is 17.8 Å². The van der Waals surface area contributed by atoms with Crippen LogP contribution in [0.3, 0.4) is 0 Å². The largest absolute Gasteiger partial charge is 0.300 e. The molecule has 1 aromatic heterocycles. The minimum atomic E-state index is 0.230. The molecule has 130 valence electrons. The number of benzene rings is 2. The molecule has 4 aliphatic rings. The number of aromatic nitrogens is 3. The smallest absolute Gasteiger partial charge is 0.164 e. The van der Waals surface area contributed by atoms with E-state index in [1.165, 1.54) is 43.2 Å². The minimum Gasteiger partial charge on any atom is -0.300 e. The fraction of sp³-hybridized carbons (Fsp3) is 0.391. The van der Waals surface area contributed by atoms with Gasteiger partial charge < -0.3 is 4.57 Å². The Bertz CT molecular complexity index is 873. The van der Waals surface area contributed by atoms with Gasteiger partial charge in [-0.15, -0.1) is 10.2 Å². The fourth-order valence-corrected chi connectivity index (χ4v) is 6.37. The Hall–Kier alpha value is -2.42. The van der Waals surface area contributed by atoms with Crippen molar-refractivity contribution in [2.45, 2.75) is 37.6 Å². The van der Waals surface area contributed by atoms with Gasteiger partial charge in [0, 0.05) is 11.1 Å². The van der Waals surface area contributed by atoms with Crippen molar-refractivity contribution >= 4 is 0 Å². The number of nitrogens with zero attached hydrogens (tertiary/aromatic N) is 3. The van der Waals surface area contributed by atoms with E-state index in [0.717, 1.165) is 29.4 Å². The monoisotopic (exact) mass is 341 g/mol. The van der Waals surface area contributed by atoms with Gasteiger partial charge in [0.05, 0.1) is 5.54 Å². The number of hydrogen-bond acceptors (Lipinski definition) is 2. The molecule has 3 nitrogen and oxygen atoms in total. The van der Waals surface area contributed by atoms with Crippen molar-refractivity contribution in [1.29, 1.82) is 0 Å². The summed E-state index contributed by atoms with van der Waals surface area (Å²) >= 11 is 0.